The Morgan fingerprint density at radius 3 is 3.00 bits per heavy atom. The van der Waals surface area contributed by atoms with Crippen molar-refractivity contribution in [2.24, 2.45) is 5.73 Å². The number of carbonyl (C=O) groups is 1. The maximum atomic E-state index is 10.5. The molecule has 0 saturated carbocycles. The number of hydrogen-bond donors (Lipinski definition) is 3. The van der Waals surface area contributed by atoms with Crippen LogP contribution in [0.4, 0.5) is 5.13 Å². The van der Waals surface area contributed by atoms with E-state index < -0.39 is 0 Å². The number of carbonyl (C=O) groups excluding carboxylic acids is 1. The van der Waals surface area contributed by atoms with Crippen molar-refractivity contribution in [3.63, 3.8) is 0 Å². The summed E-state index contributed by atoms with van der Waals surface area (Å²) in [6.45, 7) is 3.24. The van der Waals surface area contributed by atoms with Crippen molar-refractivity contribution in [1.82, 2.24) is 10.3 Å². The highest BCUT2D eigenvalue weighted by atomic mass is 32.1. The molecular formula is C8H14N4OS. The Labute approximate surface area is 86.7 Å². The van der Waals surface area contributed by atoms with Gasteiger partial charge in [-0.2, -0.15) is 0 Å². The van der Waals surface area contributed by atoms with Crippen LogP contribution in [0.15, 0.2) is 5.38 Å². The van der Waals surface area contributed by atoms with Crippen LogP contribution in [0.2, 0.25) is 0 Å². The molecule has 0 unspecified atom stereocenters. The first-order chi connectivity index (χ1) is 6.72. The molecule has 0 spiro atoms. The Hall–Kier alpha value is -1.14. The molecule has 0 aromatic carbocycles. The molecule has 0 aliphatic rings. The minimum absolute atomic E-state index is 0.0198. The number of nitrogens with one attached hydrogen (secondary N) is 2. The third kappa shape index (κ3) is 3.71. The minimum atomic E-state index is -0.0198. The van der Waals surface area contributed by atoms with E-state index in [2.05, 4.69) is 15.6 Å². The quantitative estimate of drug-likeness (QED) is 0.609. The molecule has 6 heteroatoms. The molecule has 4 N–H and O–H groups in total. The second-order valence-corrected chi connectivity index (χ2v) is 3.62. The van der Waals surface area contributed by atoms with Gasteiger partial charge in [0.2, 0.25) is 5.91 Å². The third-order valence-corrected chi connectivity index (χ3v) is 2.38. The highest BCUT2D eigenvalue weighted by Gasteiger charge is 1.98. The van der Waals surface area contributed by atoms with Crippen LogP contribution in [0.1, 0.15) is 12.6 Å². The van der Waals surface area contributed by atoms with Gasteiger partial charge < -0.3 is 16.4 Å². The molecule has 14 heavy (non-hydrogen) atoms. The van der Waals surface area contributed by atoms with Crippen molar-refractivity contribution in [2.45, 2.75) is 13.5 Å². The summed E-state index contributed by atoms with van der Waals surface area (Å²) in [5.74, 6) is -0.0198. The van der Waals surface area contributed by atoms with Crippen LogP contribution in [-0.2, 0) is 11.3 Å². The van der Waals surface area contributed by atoms with Crippen LogP contribution in [0.3, 0.4) is 0 Å². The van der Waals surface area contributed by atoms with E-state index in [1.54, 1.807) is 0 Å². The SMILES string of the molecule is CC(=O)NCCNc1nc(CN)cs1. The average Bonchev–Trinajstić information content (AvgIpc) is 2.60. The average molecular weight is 214 g/mol. The van der Waals surface area contributed by atoms with Crippen molar-refractivity contribution in [1.29, 1.82) is 0 Å². The van der Waals surface area contributed by atoms with E-state index in [1.807, 2.05) is 5.38 Å². The van der Waals surface area contributed by atoms with E-state index in [9.17, 15) is 4.79 Å². The van der Waals surface area contributed by atoms with Gasteiger partial charge >= 0.3 is 0 Å². The summed E-state index contributed by atoms with van der Waals surface area (Å²) in [5, 5.41) is 8.54. The Balaban J connectivity index is 2.21. The number of nitrogens with zero attached hydrogens (tertiary/aromatic N) is 1. The van der Waals surface area contributed by atoms with E-state index in [1.165, 1.54) is 18.3 Å². The molecular weight excluding hydrogens is 200 g/mol. The Bertz CT molecular complexity index is 299. The van der Waals surface area contributed by atoms with Crippen LogP contribution in [0, 0.1) is 0 Å². The molecule has 1 heterocycles. The molecule has 0 aliphatic heterocycles. The molecule has 0 aliphatic carbocycles. The maximum absolute atomic E-state index is 10.5. The van der Waals surface area contributed by atoms with Gasteiger partial charge in [-0.25, -0.2) is 4.98 Å². The number of anilines is 1. The van der Waals surface area contributed by atoms with E-state index in [0.29, 0.717) is 19.6 Å². The van der Waals surface area contributed by atoms with Crippen molar-refractivity contribution in [3.05, 3.63) is 11.1 Å². The van der Waals surface area contributed by atoms with Gasteiger partial charge in [-0.15, -0.1) is 11.3 Å². The Kier molecular flexibility index (Phi) is 4.34. The molecule has 1 rings (SSSR count). The summed E-state index contributed by atoms with van der Waals surface area (Å²) in [5.41, 5.74) is 6.30. The van der Waals surface area contributed by atoms with Gasteiger partial charge in [0.05, 0.1) is 5.69 Å². The van der Waals surface area contributed by atoms with Gasteiger partial charge in [-0.05, 0) is 0 Å². The summed E-state index contributed by atoms with van der Waals surface area (Å²) < 4.78 is 0. The summed E-state index contributed by atoms with van der Waals surface area (Å²) in [4.78, 5) is 14.8. The van der Waals surface area contributed by atoms with Gasteiger partial charge in [-0.3, -0.25) is 4.79 Å². The Morgan fingerprint density at radius 1 is 1.64 bits per heavy atom. The summed E-state index contributed by atoms with van der Waals surface area (Å²) in [6.07, 6.45) is 0. The molecule has 1 amide bonds. The summed E-state index contributed by atoms with van der Waals surface area (Å²) in [6, 6.07) is 0. The normalized spacial score (nSPS) is 9.86. The standard InChI is InChI=1S/C8H14N4OS/c1-6(13)10-2-3-11-8-12-7(4-9)5-14-8/h5H,2-4,9H2,1H3,(H,10,13)(H,11,12). The van der Waals surface area contributed by atoms with E-state index in [0.717, 1.165) is 10.8 Å². The van der Waals surface area contributed by atoms with Crippen molar-refractivity contribution in [3.8, 4) is 0 Å². The molecule has 0 saturated heterocycles. The number of aromatic nitrogens is 1. The molecule has 0 radical (unpaired) electrons. The van der Waals surface area contributed by atoms with E-state index in [-0.39, 0.29) is 5.91 Å². The number of amides is 1. The zero-order valence-electron chi connectivity index (χ0n) is 8.04. The zero-order chi connectivity index (χ0) is 10.4. The van der Waals surface area contributed by atoms with Crippen LogP contribution < -0.4 is 16.4 Å². The molecule has 1 aromatic heterocycles. The summed E-state index contributed by atoms with van der Waals surface area (Å²) in [7, 11) is 0. The first-order valence-corrected chi connectivity index (χ1v) is 5.23. The van der Waals surface area contributed by atoms with Crippen LogP contribution in [0.5, 0.6) is 0 Å². The van der Waals surface area contributed by atoms with Gasteiger partial charge in [0.15, 0.2) is 5.13 Å². The Morgan fingerprint density at radius 2 is 2.43 bits per heavy atom. The topological polar surface area (TPSA) is 80.0 Å². The maximum Gasteiger partial charge on any atom is 0.216 e. The first-order valence-electron chi connectivity index (χ1n) is 4.35. The highest BCUT2D eigenvalue weighted by molar-refractivity contribution is 7.13. The molecule has 1 aromatic rings. The second kappa shape index (κ2) is 5.56. The summed E-state index contributed by atoms with van der Waals surface area (Å²) >= 11 is 1.52. The van der Waals surface area contributed by atoms with Crippen LogP contribution >= 0.6 is 11.3 Å². The van der Waals surface area contributed by atoms with Gasteiger partial charge in [0, 0.05) is 31.9 Å². The lowest BCUT2D eigenvalue weighted by Gasteiger charge is -2.02. The van der Waals surface area contributed by atoms with E-state index >= 15 is 0 Å². The lowest BCUT2D eigenvalue weighted by molar-refractivity contribution is -0.118. The lowest BCUT2D eigenvalue weighted by Crippen LogP contribution is -2.26. The van der Waals surface area contributed by atoms with Gasteiger partial charge in [-0.1, -0.05) is 0 Å². The minimum Gasteiger partial charge on any atom is -0.360 e. The fourth-order valence-electron chi connectivity index (χ4n) is 0.890. The number of nitrogens with two attached hydrogens (primary N) is 1. The number of hydrogen-bond acceptors (Lipinski definition) is 5. The fraction of sp³-hybridized carbons (Fsp3) is 0.500. The third-order valence-electron chi connectivity index (χ3n) is 1.54. The number of thiazole rings is 1. The van der Waals surface area contributed by atoms with Crippen molar-refractivity contribution < 1.29 is 4.79 Å². The number of rotatable bonds is 5. The lowest BCUT2D eigenvalue weighted by atomic mass is 10.5. The fourth-order valence-corrected chi connectivity index (χ4v) is 1.64. The monoisotopic (exact) mass is 214 g/mol. The molecule has 0 fully saturated rings. The second-order valence-electron chi connectivity index (χ2n) is 2.76. The van der Waals surface area contributed by atoms with Crippen LogP contribution in [-0.4, -0.2) is 24.0 Å². The molecule has 0 atom stereocenters. The molecule has 78 valence electrons. The molecule has 5 nitrogen and oxygen atoms in total. The van der Waals surface area contributed by atoms with Crippen molar-refractivity contribution in [2.75, 3.05) is 18.4 Å². The molecule has 0 bridgehead atoms. The van der Waals surface area contributed by atoms with Crippen molar-refractivity contribution >= 4 is 22.4 Å². The zero-order valence-corrected chi connectivity index (χ0v) is 8.86. The largest absolute Gasteiger partial charge is 0.360 e. The van der Waals surface area contributed by atoms with Gasteiger partial charge in [0.1, 0.15) is 0 Å². The smallest absolute Gasteiger partial charge is 0.216 e. The first kappa shape index (κ1) is 10.9. The van der Waals surface area contributed by atoms with E-state index in [4.69, 9.17) is 5.73 Å². The predicted octanol–water partition coefficient (Wildman–Crippen LogP) is 0.150. The van der Waals surface area contributed by atoms with Crippen LogP contribution in [0.25, 0.3) is 0 Å². The predicted molar refractivity (Wildman–Crippen MR) is 57.2 cm³/mol. The van der Waals surface area contributed by atoms with Gasteiger partial charge in [0.25, 0.3) is 0 Å². The highest BCUT2D eigenvalue weighted by Crippen LogP contribution is 2.13.